The molecule has 1 spiro atoms. The first-order chi connectivity index (χ1) is 9.05. The second-order valence-corrected chi connectivity index (χ2v) is 13.5. The molecule has 3 unspecified atom stereocenters. The third kappa shape index (κ3) is 1.59. The zero-order valence-electron chi connectivity index (χ0n) is 13.8. The lowest BCUT2D eigenvalue weighted by Crippen LogP contribution is -2.41. The fourth-order valence-corrected chi connectivity index (χ4v) is 5.60. The van der Waals surface area contributed by atoms with Gasteiger partial charge in [0.15, 0.2) is 0 Å². The summed E-state index contributed by atoms with van der Waals surface area (Å²) in [6, 6.07) is 0. The topological polar surface area (TPSA) is 26.3 Å². The van der Waals surface area contributed by atoms with E-state index in [-0.39, 0.29) is 15.9 Å². The summed E-state index contributed by atoms with van der Waals surface area (Å²) in [6.07, 6.45) is 6.44. The van der Waals surface area contributed by atoms with E-state index >= 15 is 0 Å². The second kappa shape index (κ2) is 3.79. The van der Waals surface area contributed by atoms with Crippen molar-refractivity contribution < 1.29 is 9.22 Å². The average molecular weight is 292 g/mol. The molecule has 3 atom stereocenters. The molecule has 0 aromatic heterocycles. The van der Waals surface area contributed by atoms with Gasteiger partial charge in [-0.3, -0.25) is 4.79 Å². The van der Waals surface area contributed by atoms with Gasteiger partial charge in [-0.05, 0) is 43.0 Å². The van der Waals surface area contributed by atoms with Crippen LogP contribution in [0.2, 0.25) is 18.1 Å². The van der Waals surface area contributed by atoms with Crippen LogP contribution in [0.5, 0.6) is 0 Å². The fraction of sp³-hybridized carbons (Fsp3) is 0.824. The quantitative estimate of drug-likeness (QED) is 0.691. The minimum atomic E-state index is -1.82. The number of rotatable bonds is 2. The SMILES string of the molecule is CC12C=C(O[Si](C)(C)C(C)(C)C)CC(=O)C13CCCC23. The van der Waals surface area contributed by atoms with Crippen molar-refractivity contribution in [3.63, 3.8) is 0 Å². The molecular formula is C17H28O2Si. The van der Waals surface area contributed by atoms with Crippen LogP contribution in [0.3, 0.4) is 0 Å². The third-order valence-corrected chi connectivity index (χ3v) is 11.1. The van der Waals surface area contributed by atoms with Crippen molar-refractivity contribution in [2.75, 3.05) is 0 Å². The third-order valence-electron chi connectivity index (χ3n) is 6.75. The van der Waals surface area contributed by atoms with Gasteiger partial charge in [0.25, 0.3) is 0 Å². The zero-order valence-corrected chi connectivity index (χ0v) is 14.8. The average Bonchev–Trinajstić information content (AvgIpc) is 2.65. The molecule has 3 aliphatic rings. The molecular weight excluding hydrogens is 264 g/mol. The van der Waals surface area contributed by atoms with Gasteiger partial charge in [0.1, 0.15) is 5.78 Å². The predicted octanol–water partition coefficient (Wildman–Crippen LogP) is 4.67. The number of fused-ring (bicyclic) bond motifs is 1. The van der Waals surface area contributed by atoms with Crippen molar-refractivity contribution in [2.24, 2.45) is 16.7 Å². The predicted molar refractivity (Wildman–Crippen MR) is 83.9 cm³/mol. The summed E-state index contributed by atoms with van der Waals surface area (Å²) in [5.74, 6) is 2.03. The Balaban J connectivity index is 1.86. The summed E-state index contributed by atoms with van der Waals surface area (Å²) >= 11 is 0. The lowest BCUT2D eigenvalue weighted by Gasteiger charge is -2.39. The summed E-state index contributed by atoms with van der Waals surface area (Å²) in [5, 5.41) is 0.187. The van der Waals surface area contributed by atoms with Gasteiger partial charge in [-0.1, -0.05) is 34.1 Å². The van der Waals surface area contributed by atoms with Crippen LogP contribution in [-0.4, -0.2) is 14.1 Å². The molecule has 112 valence electrons. The standard InChI is InChI=1S/C17H28O2Si/c1-15(2,3)20(5,6)19-12-10-14(18)17-9-7-8-13(17)16(17,4)11-12/h11,13H,7-10H2,1-6H3. The van der Waals surface area contributed by atoms with Gasteiger partial charge in [0.05, 0.1) is 12.2 Å². The van der Waals surface area contributed by atoms with Crippen molar-refractivity contribution >= 4 is 14.1 Å². The van der Waals surface area contributed by atoms with E-state index in [0.29, 0.717) is 18.1 Å². The minimum absolute atomic E-state index is 0.00723. The molecule has 0 amide bonds. The zero-order chi connectivity index (χ0) is 15.0. The Hall–Kier alpha value is -0.573. The lowest BCUT2D eigenvalue weighted by atomic mass is 9.80. The fourth-order valence-electron chi connectivity index (χ4n) is 4.51. The first kappa shape index (κ1) is 14.4. The van der Waals surface area contributed by atoms with Crippen LogP contribution in [0.25, 0.3) is 0 Å². The van der Waals surface area contributed by atoms with Gasteiger partial charge in [0, 0.05) is 10.8 Å². The largest absolute Gasteiger partial charge is 0.546 e. The Bertz CT molecular complexity index is 500. The number of carbonyl (C=O) groups is 1. The molecule has 0 N–H and O–H groups in total. The summed E-state index contributed by atoms with van der Waals surface area (Å²) in [4.78, 5) is 12.7. The molecule has 0 bridgehead atoms. The highest BCUT2D eigenvalue weighted by molar-refractivity contribution is 6.74. The van der Waals surface area contributed by atoms with E-state index in [0.717, 1.165) is 12.2 Å². The molecule has 2 saturated carbocycles. The molecule has 3 rings (SSSR count). The molecule has 0 aromatic rings. The first-order valence-corrected chi connectivity index (χ1v) is 10.9. The van der Waals surface area contributed by atoms with Gasteiger partial charge in [0.2, 0.25) is 8.32 Å². The van der Waals surface area contributed by atoms with E-state index in [1.165, 1.54) is 12.8 Å². The van der Waals surface area contributed by atoms with Gasteiger partial charge >= 0.3 is 0 Å². The van der Waals surface area contributed by atoms with E-state index in [2.05, 4.69) is 46.9 Å². The summed E-state index contributed by atoms with van der Waals surface area (Å²) < 4.78 is 6.42. The number of carbonyl (C=O) groups excluding carboxylic acids is 1. The molecule has 0 saturated heterocycles. The Kier molecular flexibility index (Phi) is 2.72. The van der Waals surface area contributed by atoms with E-state index in [9.17, 15) is 4.79 Å². The number of Topliss-reactive ketones (excluding diaryl/α,β-unsaturated/α-hetero) is 1. The van der Waals surface area contributed by atoms with Gasteiger partial charge in [-0.2, -0.15) is 0 Å². The molecule has 3 heteroatoms. The van der Waals surface area contributed by atoms with Crippen molar-refractivity contribution in [3.8, 4) is 0 Å². The Morgan fingerprint density at radius 1 is 1.35 bits per heavy atom. The molecule has 2 fully saturated rings. The highest BCUT2D eigenvalue weighted by Crippen LogP contribution is 2.79. The van der Waals surface area contributed by atoms with Gasteiger partial charge in [-0.15, -0.1) is 0 Å². The van der Waals surface area contributed by atoms with Crippen LogP contribution in [0.15, 0.2) is 11.8 Å². The van der Waals surface area contributed by atoms with Crippen LogP contribution in [0, 0.1) is 16.7 Å². The first-order valence-electron chi connectivity index (χ1n) is 7.99. The molecule has 0 aromatic carbocycles. The van der Waals surface area contributed by atoms with Crippen LogP contribution in [0.1, 0.15) is 53.4 Å². The van der Waals surface area contributed by atoms with Crippen LogP contribution in [0.4, 0.5) is 0 Å². The number of allylic oxidation sites excluding steroid dienone is 2. The molecule has 20 heavy (non-hydrogen) atoms. The summed E-state index contributed by atoms with van der Waals surface area (Å²) in [7, 11) is -1.82. The Morgan fingerprint density at radius 3 is 2.60 bits per heavy atom. The van der Waals surface area contributed by atoms with E-state index < -0.39 is 8.32 Å². The molecule has 0 heterocycles. The highest BCUT2D eigenvalue weighted by Gasteiger charge is 2.78. The van der Waals surface area contributed by atoms with E-state index in [1.807, 2.05) is 0 Å². The van der Waals surface area contributed by atoms with Crippen molar-refractivity contribution in [3.05, 3.63) is 11.8 Å². The summed E-state index contributed by atoms with van der Waals surface area (Å²) in [5.41, 5.74) is 0.117. The van der Waals surface area contributed by atoms with E-state index in [1.54, 1.807) is 0 Å². The monoisotopic (exact) mass is 292 g/mol. The number of hydrogen-bond acceptors (Lipinski definition) is 2. The van der Waals surface area contributed by atoms with Crippen LogP contribution < -0.4 is 0 Å². The number of ketones is 1. The van der Waals surface area contributed by atoms with Gasteiger partial charge in [-0.25, -0.2) is 0 Å². The Morgan fingerprint density at radius 2 is 2.00 bits per heavy atom. The van der Waals surface area contributed by atoms with Crippen molar-refractivity contribution in [2.45, 2.75) is 71.5 Å². The molecule has 3 aliphatic carbocycles. The smallest absolute Gasteiger partial charge is 0.250 e. The lowest BCUT2D eigenvalue weighted by molar-refractivity contribution is -0.125. The van der Waals surface area contributed by atoms with E-state index in [4.69, 9.17) is 4.43 Å². The maximum Gasteiger partial charge on any atom is 0.250 e. The number of hydrogen-bond donors (Lipinski definition) is 0. The maximum absolute atomic E-state index is 12.7. The summed E-state index contributed by atoms with van der Waals surface area (Å²) in [6.45, 7) is 13.6. The molecule has 0 radical (unpaired) electrons. The maximum atomic E-state index is 12.7. The highest BCUT2D eigenvalue weighted by atomic mass is 28.4. The minimum Gasteiger partial charge on any atom is -0.546 e. The van der Waals surface area contributed by atoms with Crippen molar-refractivity contribution in [1.82, 2.24) is 0 Å². The molecule has 2 nitrogen and oxygen atoms in total. The Labute approximate surface area is 124 Å². The van der Waals surface area contributed by atoms with Gasteiger partial charge < -0.3 is 4.43 Å². The van der Waals surface area contributed by atoms with Crippen LogP contribution in [-0.2, 0) is 9.22 Å². The second-order valence-electron chi connectivity index (χ2n) is 8.77. The van der Waals surface area contributed by atoms with Crippen LogP contribution >= 0.6 is 0 Å². The molecule has 0 aliphatic heterocycles. The van der Waals surface area contributed by atoms with Crippen molar-refractivity contribution in [1.29, 1.82) is 0 Å². The normalized spacial score (nSPS) is 40.0.